The molecule has 2 aromatic heterocycles. The summed E-state index contributed by atoms with van der Waals surface area (Å²) in [7, 11) is 0. The topological polar surface area (TPSA) is 85.0 Å². The lowest BCUT2D eigenvalue weighted by Gasteiger charge is -2.21. The van der Waals surface area contributed by atoms with Crippen molar-refractivity contribution in [3.05, 3.63) is 35.7 Å². The maximum atomic E-state index is 11.2. The Kier molecular flexibility index (Phi) is 3.88. The number of primary amides is 1. The van der Waals surface area contributed by atoms with Gasteiger partial charge in [0.05, 0.1) is 0 Å². The van der Waals surface area contributed by atoms with Gasteiger partial charge in [-0.1, -0.05) is 6.07 Å². The summed E-state index contributed by atoms with van der Waals surface area (Å²) in [5.74, 6) is 1.84. The van der Waals surface area contributed by atoms with Crippen LogP contribution in [0.2, 0.25) is 0 Å². The van der Waals surface area contributed by atoms with Gasteiger partial charge in [-0.2, -0.15) is 0 Å². The van der Waals surface area contributed by atoms with E-state index in [0.717, 1.165) is 56.0 Å². The first-order valence-electron chi connectivity index (χ1n) is 8.55. The molecular formula is C18H21N5O. The molecule has 124 valence electrons. The van der Waals surface area contributed by atoms with Crippen molar-refractivity contribution in [2.24, 2.45) is 11.7 Å². The van der Waals surface area contributed by atoms with Gasteiger partial charge in [0.2, 0.25) is 5.91 Å². The second-order valence-corrected chi connectivity index (χ2v) is 6.64. The fourth-order valence-electron chi connectivity index (χ4n) is 3.76. The molecule has 2 N–H and O–H groups in total. The minimum Gasteiger partial charge on any atom is -0.370 e. The number of amides is 1. The molecule has 1 fully saturated rings. The van der Waals surface area contributed by atoms with Gasteiger partial charge >= 0.3 is 0 Å². The van der Waals surface area contributed by atoms with Crippen LogP contribution >= 0.6 is 0 Å². The smallest absolute Gasteiger partial charge is 0.217 e. The number of anilines is 1. The highest BCUT2D eigenvalue weighted by atomic mass is 16.1. The quantitative estimate of drug-likeness (QED) is 0.926. The number of hydrogen-bond acceptors (Lipinski definition) is 5. The van der Waals surface area contributed by atoms with E-state index in [9.17, 15) is 4.79 Å². The van der Waals surface area contributed by atoms with Gasteiger partial charge < -0.3 is 10.6 Å². The third-order valence-corrected chi connectivity index (χ3v) is 4.88. The van der Waals surface area contributed by atoms with E-state index in [1.165, 1.54) is 5.56 Å². The van der Waals surface area contributed by atoms with Crippen LogP contribution in [-0.4, -0.2) is 33.9 Å². The zero-order chi connectivity index (χ0) is 16.5. The Hall–Kier alpha value is -2.50. The summed E-state index contributed by atoms with van der Waals surface area (Å²) in [6, 6.07) is 5.80. The van der Waals surface area contributed by atoms with Crippen molar-refractivity contribution in [1.82, 2.24) is 15.0 Å². The SMILES string of the molecule is NC(=O)CC1CCN(c2nc(-c3ccccn3)nc3c2CCC3)C1. The third-order valence-electron chi connectivity index (χ3n) is 4.88. The lowest BCUT2D eigenvalue weighted by molar-refractivity contribution is -0.118. The first-order chi connectivity index (χ1) is 11.7. The van der Waals surface area contributed by atoms with Crippen LogP contribution in [0.4, 0.5) is 5.82 Å². The van der Waals surface area contributed by atoms with Crippen LogP contribution in [0, 0.1) is 5.92 Å². The van der Waals surface area contributed by atoms with Crippen molar-refractivity contribution in [3.8, 4) is 11.5 Å². The van der Waals surface area contributed by atoms with Crippen molar-refractivity contribution in [1.29, 1.82) is 0 Å². The largest absolute Gasteiger partial charge is 0.370 e. The zero-order valence-corrected chi connectivity index (χ0v) is 13.6. The van der Waals surface area contributed by atoms with E-state index in [1.54, 1.807) is 6.20 Å². The van der Waals surface area contributed by atoms with Crippen molar-refractivity contribution in [2.75, 3.05) is 18.0 Å². The van der Waals surface area contributed by atoms with E-state index in [4.69, 9.17) is 15.7 Å². The molecule has 2 aromatic rings. The number of rotatable bonds is 4. The number of carbonyl (C=O) groups excluding carboxylic acids is 1. The number of aromatic nitrogens is 3. The van der Waals surface area contributed by atoms with Crippen LogP contribution in [0.1, 0.15) is 30.5 Å². The van der Waals surface area contributed by atoms with Crippen LogP contribution < -0.4 is 10.6 Å². The number of hydrogen-bond donors (Lipinski definition) is 1. The van der Waals surface area contributed by atoms with Crippen molar-refractivity contribution >= 4 is 11.7 Å². The van der Waals surface area contributed by atoms with Gasteiger partial charge in [0.1, 0.15) is 11.5 Å². The molecule has 0 saturated carbocycles. The Morgan fingerprint density at radius 1 is 1.29 bits per heavy atom. The molecule has 6 heteroatoms. The Bertz CT molecular complexity index is 762. The fraction of sp³-hybridized carbons (Fsp3) is 0.444. The monoisotopic (exact) mass is 323 g/mol. The Labute approximate surface area is 141 Å². The summed E-state index contributed by atoms with van der Waals surface area (Å²) in [4.78, 5) is 27.5. The minimum absolute atomic E-state index is 0.219. The Morgan fingerprint density at radius 3 is 3.00 bits per heavy atom. The van der Waals surface area contributed by atoms with Crippen LogP contribution in [0.3, 0.4) is 0 Å². The van der Waals surface area contributed by atoms with Gasteiger partial charge in [-0.05, 0) is 43.7 Å². The highest BCUT2D eigenvalue weighted by Gasteiger charge is 2.29. The van der Waals surface area contributed by atoms with Gasteiger partial charge in [-0.25, -0.2) is 9.97 Å². The van der Waals surface area contributed by atoms with E-state index in [2.05, 4.69) is 9.88 Å². The lowest BCUT2D eigenvalue weighted by Crippen LogP contribution is -2.24. The van der Waals surface area contributed by atoms with E-state index < -0.39 is 0 Å². The van der Waals surface area contributed by atoms with Gasteiger partial charge in [-0.15, -0.1) is 0 Å². The molecule has 1 aliphatic heterocycles. The molecule has 1 amide bonds. The number of fused-ring (bicyclic) bond motifs is 1. The van der Waals surface area contributed by atoms with E-state index in [1.807, 2.05) is 18.2 Å². The minimum atomic E-state index is -0.219. The lowest BCUT2D eigenvalue weighted by atomic mass is 10.1. The first-order valence-corrected chi connectivity index (χ1v) is 8.55. The summed E-state index contributed by atoms with van der Waals surface area (Å²) in [5.41, 5.74) is 8.59. The highest BCUT2D eigenvalue weighted by molar-refractivity contribution is 5.74. The van der Waals surface area contributed by atoms with E-state index in [0.29, 0.717) is 18.2 Å². The van der Waals surface area contributed by atoms with Crippen LogP contribution in [-0.2, 0) is 17.6 Å². The van der Waals surface area contributed by atoms with Crippen molar-refractivity contribution in [3.63, 3.8) is 0 Å². The second-order valence-electron chi connectivity index (χ2n) is 6.64. The Balaban J connectivity index is 1.68. The normalized spacial score (nSPS) is 19.5. The molecule has 0 bridgehead atoms. The van der Waals surface area contributed by atoms with Crippen LogP contribution in [0.5, 0.6) is 0 Å². The Morgan fingerprint density at radius 2 is 2.21 bits per heavy atom. The predicted octanol–water partition coefficient (Wildman–Crippen LogP) is 1.73. The standard InChI is InChI=1S/C18H21N5O/c19-16(24)10-12-7-9-23(11-12)18-13-4-3-6-14(13)21-17(22-18)15-5-1-2-8-20-15/h1-2,5,8,12H,3-4,6-7,9-11H2,(H2,19,24). The maximum Gasteiger partial charge on any atom is 0.217 e. The highest BCUT2D eigenvalue weighted by Crippen LogP contribution is 2.34. The van der Waals surface area contributed by atoms with Crippen molar-refractivity contribution < 1.29 is 4.79 Å². The molecule has 24 heavy (non-hydrogen) atoms. The van der Waals surface area contributed by atoms with E-state index in [-0.39, 0.29) is 5.91 Å². The number of carbonyl (C=O) groups is 1. The number of nitrogens with two attached hydrogens (primary N) is 1. The number of nitrogens with zero attached hydrogens (tertiary/aromatic N) is 4. The average Bonchev–Trinajstić information content (AvgIpc) is 3.23. The summed E-state index contributed by atoms with van der Waals surface area (Å²) < 4.78 is 0. The predicted molar refractivity (Wildman–Crippen MR) is 91.4 cm³/mol. The van der Waals surface area contributed by atoms with Crippen LogP contribution in [0.25, 0.3) is 11.5 Å². The fourth-order valence-corrected chi connectivity index (χ4v) is 3.76. The molecule has 1 saturated heterocycles. The molecule has 1 aliphatic carbocycles. The molecule has 6 nitrogen and oxygen atoms in total. The molecule has 1 unspecified atom stereocenters. The van der Waals surface area contributed by atoms with Crippen molar-refractivity contribution in [2.45, 2.75) is 32.1 Å². The molecule has 2 aliphatic rings. The summed E-state index contributed by atoms with van der Waals surface area (Å²) >= 11 is 0. The maximum absolute atomic E-state index is 11.2. The molecule has 0 spiro atoms. The molecule has 0 aromatic carbocycles. The van der Waals surface area contributed by atoms with Gasteiger partial charge in [0, 0.05) is 37.0 Å². The van der Waals surface area contributed by atoms with Gasteiger partial charge in [-0.3, -0.25) is 9.78 Å². The number of pyridine rings is 1. The van der Waals surface area contributed by atoms with Gasteiger partial charge in [0.25, 0.3) is 0 Å². The molecule has 3 heterocycles. The second kappa shape index (κ2) is 6.19. The molecular weight excluding hydrogens is 302 g/mol. The first kappa shape index (κ1) is 15.1. The van der Waals surface area contributed by atoms with Gasteiger partial charge in [0.15, 0.2) is 5.82 Å². The molecule has 4 rings (SSSR count). The average molecular weight is 323 g/mol. The molecule has 0 radical (unpaired) electrons. The summed E-state index contributed by atoms with van der Waals surface area (Å²) in [5, 5.41) is 0. The number of aryl methyl sites for hydroxylation is 1. The third kappa shape index (κ3) is 2.84. The summed E-state index contributed by atoms with van der Waals surface area (Å²) in [6.45, 7) is 1.76. The summed E-state index contributed by atoms with van der Waals surface area (Å²) in [6.07, 6.45) is 6.37. The molecule has 1 atom stereocenters. The van der Waals surface area contributed by atoms with Crippen LogP contribution in [0.15, 0.2) is 24.4 Å². The van der Waals surface area contributed by atoms with E-state index >= 15 is 0 Å². The zero-order valence-electron chi connectivity index (χ0n) is 13.6.